The summed E-state index contributed by atoms with van der Waals surface area (Å²) >= 11 is 0. The van der Waals surface area contributed by atoms with Gasteiger partial charge in [-0.25, -0.2) is 0 Å². The normalized spacial score (nSPS) is 34.9. The lowest BCUT2D eigenvalue weighted by Gasteiger charge is -2.30. The predicted octanol–water partition coefficient (Wildman–Crippen LogP) is 1.38. The van der Waals surface area contributed by atoms with Gasteiger partial charge in [-0.05, 0) is 49.5 Å². The first-order chi connectivity index (χ1) is 8.21. The van der Waals surface area contributed by atoms with Crippen LogP contribution in [0.25, 0.3) is 0 Å². The maximum absolute atomic E-state index is 4.26. The Morgan fingerprint density at radius 2 is 2.24 bits per heavy atom. The molecule has 2 aliphatic carbocycles. The number of nitrogens with one attached hydrogen (secondary N) is 1. The fourth-order valence-electron chi connectivity index (χ4n) is 3.61. The Morgan fingerprint density at radius 3 is 2.82 bits per heavy atom. The van der Waals surface area contributed by atoms with E-state index in [9.17, 15) is 0 Å². The van der Waals surface area contributed by atoms with Crippen LogP contribution in [-0.4, -0.2) is 28.1 Å². The first-order valence-electron chi connectivity index (χ1n) is 6.77. The molecule has 94 valence electrons. The summed E-state index contributed by atoms with van der Waals surface area (Å²) in [6, 6.07) is 0. The van der Waals surface area contributed by atoms with Crippen molar-refractivity contribution >= 4 is 0 Å². The van der Waals surface area contributed by atoms with Gasteiger partial charge in [-0.3, -0.25) is 4.68 Å². The number of hydrogen-bond acceptors (Lipinski definition) is 3. The molecule has 0 amide bonds. The fraction of sp³-hybridized carbons (Fsp3) is 0.846. The number of aromatic nitrogens is 3. The summed E-state index contributed by atoms with van der Waals surface area (Å²) in [6.45, 7) is 4.40. The molecule has 1 N–H and O–H groups in total. The third-order valence-electron chi connectivity index (χ3n) is 4.42. The molecule has 0 aromatic carbocycles. The van der Waals surface area contributed by atoms with Crippen molar-refractivity contribution in [2.24, 2.45) is 24.3 Å². The lowest BCUT2D eigenvalue weighted by Crippen LogP contribution is -2.35. The van der Waals surface area contributed by atoms with E-state index in [2.05, 4.69) is 28.7 Å². The van der Waals surface area contributed by atoms with Crippen LogP contribution in [0.15, 0.2) is 6.20 Å². The fourth-order valence-corrected chi connectivity index (χ4v) is 3.61. The molecule has 2 unspecified atom stereocenters. The molecule has 2 fully saturated rings. The average molecular weight is 234 g/mol. The number of fused-ring (bicyclic) bond motifs is 1. The van der Waals surface area contributed by atoms with Crippen LogP contribution in [0.3, 0.4) is 0 Å². The van der Waals surface area contributed by atoms with Crippen molar-refractivity contribution in [3.8, 4) is 0 Å². The summed E-state index contributed by atoms with van der Waals surface area (Å²) in [5.74, 6) is 2.04. The summed E-state index contributed by atoms with van der Waals surface area (Å²) in [7, 11) is 1.94. The molecule has 0 radical (unpaired) electrons. The van der Waals surface area contributed by atoms with Crippen molar-refractivity contribution in [2.75, 3.05) is 13.1 Å². The molecular weight excluding hydrogens is 212 g/mol. The highest BCUT2D eigenvalue weighted by Crippen LogP contribution is 2.60. The Balaban J connectivity index is 1.70. The van der Waals surface area contributed by atoms with Crippen LogP contribution in [0.4, 0.5) is 0 Å². The number of aryl methyl sites for hydroxylation is 1. The Morgan fingerprint density at radius 1 is 1.47 bits per heavy atom. The Kier molecular flexibility index (Phi) is 2.69. The van der Waals surface area contributed by atoms with Gasteiger partial charge in [-0.2, -0.15) is 0 Å². The van der Waals surface area contributed by atoms with Gasteiger partial charge >= 0.3 is 0 Å². The molecule has 1 aromatic heterocycles. The van der Waals surface area contributed by atoms with Gasteiger partial charge in [-0.1, -0.05) is 12.1 Å². The van der Waals surface area contributed by atoms with Gasteiger partial charge in [0.25, 0.3) is 0 Å². The monoisotopic (exact) mass is 234 g/mol. The Bertz CT molecular complexity index is 388. The standard InChI is InChI=1S/C13H22N4/c1-3-14-9-13(5-10-4-11(10)6-13)7-12-8-17(2)16-15-12/h8,10-11,14H,3-7,9H2,1-2H3. The number of nitrogens with zero attached hydrogens (tertiary/aromatic N) is 3. The first-order valence-corrected chi connectivity index (χ1v) is 6.77. The average Bonchev–Trinajstić information content (AvgIpc) is 2.72. The van der Waals surface area contributed by atoms with Gasteiger partial charge in [0.15, 0.2) is 0 Å². The highest BCUT2D eigenvalue weighted by Gasteiger charge is 2.53. The molecule has 0 aliphatic heterocycles. The van der Waals surface area contributed by atoms with Crippen LogP contribution >= 0.6 is 0 Å². The minimum Gasteiger partial charge on any atom is -0.316 e. The second-order valence-electron chi connectivity index (χ2n) is 6.00. The van der Waals surface area contributed by atoms with E-state index >= 15 is 0 Å². The van der Waals surface area contributed by atoms with E-state index in [0.717, 1.165) is 37.0 Å². The zero-order valence-electron chi connectivity index (χ0n) is 10.8. The smallest absolute Gasteiger partial charge is 0.0833 e. The van der Waals surface area contributed by atoms with Crippen molar-refractivity contribution in [2.45, 2.75) is 32.6 Å². The van der Waals surface area contributed by atoms with Crippen molar-refractivity contribution in [1.29, 1.82) is 0 Å². The Labute approximate surface area is 103 Å². The van der Waals surface area contributed by atoms with E-state index in [1.54, 1.807) is 0 Å². The number of hydrogen-bond donors (Lipinski definition) is 1. The maximum atomic E-state index is 4.26. The molecule has 4 heteroatoms. The Hall–Kier alpha value is -0.900. The van der Waals surface area contributed by atoms with Crippen LogP contribution in [0.5, 0.6) is 0 Å². The van der Waals surface area contributed by atoms with Gasteiger partial charge in [0.05, 0.1) is 5.69 Å². The second-order valence-corrected chi connectivity index (χ2v) is 6.00. The molecule has 2 aliphatic rings. The molecule has 4 nitrogen and oxygen atoms in total. The third kappa shape index (κ3) is 2.23. The third-order valence-corrected chi connectivity index (χ3v) is 4.42. The van der Waals surface area contributed by atoms with Crippen LogP contribution in [0, 0.1) is 17.3 Å². The summed E-state index contributed by atoms with van der Waals surface area (Å²) in [4.78, 5) is 0. The second kappa shape index (κ2) is 4.09. The highest BCUT2D eigenvalue weighted by molar-refractivity contribution is 5.09. The van der Waals surface area contributed by atoms with Gasteiger partial charge in [-0.15, -0.1) is 5.10 Å². The first kappa shape index (κ1) is 11.2. The minimum absolute atomic E-state index is 0.458. The molecule has 0 saturated heterocycles. The summed E-state index contributed by atoms with van der Waals surface area (Å²) in [6.07, 6.45) is 7.43. The van der Waals surface area contributed by atoms with E-state index in [1.165, 1.54) is 19.3 Å². The lowest BCUT2D eigenvalue weighted by molar-refractivity contribution is 0.248. The SMILES string of the molecule is CCNCC1(Cc2cn(C)nn2)CC2CC2C1. The molecule has 2 saturated carbocycles. The van der Waals surface area contributed by atoms with Gasteiger partial charge in [0, 0.05) is 19.8 Å². The summed E-state index contributed by atoms with van der Waals surface area (Å²) < 4.78 is 1.81. The number of rotatable bonds is 5. The summed E-state index contributed by atoms with van der Waals surface area (Å²) in [5, 5.41) is 11.8. The van der Waals surface area contributed by atoms with Crippen molar-refractivity contribution in [1.82, 2.24) is 20.3 Å². The van der Waals surface area contributed by atoms with E-state index in [1.807, 2.05) is 11.7 Å². The van der Waals surface area contributed by atoms with Crippen molar-refractivity contribution < 1.29 is 0 Å². The van der Waals surface area contributed by atoms with Crippen LogP contribution in [-0.2, 0) is 13.5 Å². The van der Waals surface area contributed by atoms with Gasteiger partial charge in [0.2, 0.25) is 0 Å². The zero-order chi connectivity index (χ0) is 11.9. The highest BCUT2D eigenvalue weighted by atomic mass is 15.4. The molecule has 17 heavy (non-hydrogen) atoms. The van der Waals surface area contributed by atoms with Gasteiger partial charge in [0.1, 0.15) is 0 Å². The molecule has 0 spiro atoms. The van der Waals surface area contributed by atoms with Crippen molar-refractivity contribution in [3.05, 3.63) is 11.9 Å². The topological polar surface area (TPSA) is 42.7 Å². The lowest BCUT2D eigenvalue weighted by atomic mass is 9.78. The minimum atomic E-state index is 0.458. The molecule has 3 rings (SSSR count). The molecule has 2 atom stereocenters. The van der Waals surface area contributed by atoms with E-state index < -0.39 is 0 Å². The summed E-state index contributed by atoms with van der Waals surface area (Å²) in [5.41, 5.74) is 1.62. The molecular formula is C13H22N4. The van der Waals surface area contributed by atoms with Gasteiger partial charge < -0.3 is 5.32 Å². The predicted molar refractivity (Wildman–Crippen MR) is 66.5 cm³/mol. The van der Waals surface area contributed by atoms with Crippen LogP contribution < -0.4 is 5.32 Å². The quantitative estimate of drug-likeness (QED) is 0.837. The van der Waals surface area contributed by atoms with Crippen LogP contribution in [0.1, 0.15) is 31.9 Å². The largest absolute Gasteiger partial charge is 0.316 e. The molecule has 0 bridgehead atoms. The molecule has 1 aromatic rings. The van der Waals surface area contributed by atoms with E-state index in [-0.39, 0.29) is 0 Å². The zero-order valence-corrected chi connectivity index (χ0v) is 10.8. The van der Waals surface area contributed by atoms with E-state index in [0.29, 0.717) is 5.41 Å². The van der Waals surface area contributed by atoms with Crippen LogP contribution in [0.2, 0.25) is 0 Å². The van der Waals surface area contributed by atoms with E-state index in [4.69, 9.17) is 0 Å². The molecule has 1 heterocycles. The van der Waals surface area contributed by atoms with Crippen molar-refractivity contribution in [3.63, 3.8) is 0 Å². The maximum Gasteiger partial charge on any atom is 0.0833 e.